The van der Waals surface area contributed by atoms with Crippen molar-refractivity contribution >= 4 is 21.6 Å². The molecule has 8 nitrogen and oxygen atoms in total. The molecule has 0 heterocycles. The number of anilines is 1. The highest BCUT2D eigenvalue weighted by Gasteiger charge is 2.19. The maximum atomic E-state index is 12.7. The lowest BCUT2D eigenvalue weighted by molar-refractivity contribution is 0.102. The second kappa shape index (κ2) is 8.94. The van der Waals surface area contributed by atoms with Crippen LogP contribution in [-0.4, -0.2) is 41.7 Å². The number of methoxy groups -OCH3 is 3. The Morgan fingerprint density at radius 2 is 1.43 bits per heavy atom. The van der Waals surface area contributed by atoms with Gasteiger partial charge in [-0.3, -0.25) is 4.79 Å². The zero-order chi connectivity index (χ0) is 20.9. The molecule has 0 unspecified atom stereocenters. The van der Waals surface area contributed by atoms with Crippen LogP contribution in [-0.2, 0) is 10.0 Å². The van der Waals surface area contributed by atoms with Crippen LogP contribution in [0.4, 0.5) is 5.69 Å². The average Bonchev–Trinajstić information content (AvgIpc) is 2.66. The molecule has 0 fully saturated rings. The van der Waals surface area contributed by atoms with Gasteiger partial charge >= 0.3 is 0 Å². The quantitative estimate of drug-likeness (QED) is 0.696. The summed E-state index contributed by atoms with van der Waals surface area (Å²) in [5, 5.41) is 2.71. The molecule has 0 aliphatic carbocycles. The Morgan fingerprint density at radius 3 is 1.93 bits per heavy atom. The van der Waals surface area contributed by atoms with Crippen molar-refractivity contribution in [1.29, 1.82) is 0 Å². The standard InChI is InChI=1S/C19H24N2O6S/c1-12(2)21-28(23,24)14-8-6-13(7-9-14)20-19(22)15-10-17(26-4)18(27-5)11-16(15)25-3/h6-12,21H,1-5H3,(H,20,22). The summed E-state index contributed by atoms with van der Waals surface area (Å²) < 4.78 is 42.5. The van der Waals surface area contributed by atoms with Crippen LogP contribution >= 0.6 is 0 Å². The lowest BCUT2D eigenvalue weighted by Gasteiger charge is -2.14. The molecule has 0 saturated heterocycles. The topological polar surface area (TPSA) is 103 Å². The van der Waals surface area contributed by atoms with Crippen molar-refractivity contribution in [2.75, 3.05) is 26.6 Å². The number of rotatable bonds is 8. The van der Waals surface area contributed by atoms with E-state index in [2.05, 4.69) is 10.0 Å². The highest BCUT2D eigenvalue weighted by molar-refractivity contribution is 7.89. The number of hydrogen-bond donors (Lipinski definition) is 2. The molecule has 1 amide bonds. The molecule has 28 heavy (non-hydrogen) atoms. The van der Waals surface area contributed by atoms with E-state index in [1.165, 1.54) is 51.7 Å². The maximum Gasteiger partial charge on any atom is 0.259 e. The molecular formula is C19H24N2O6S. The van der Waals surface area contributed by atoms with Gasteiger partial charge in [0.2, 0.25) is 10.0 Å². The number of nitrogens with one attached hydrogen (secondary N) is 2. The number of ether oxygens (including phenoxy) is 3. The fourth-order valence-corrected chi connectivity index (χ4v) is 3.75. The summed E-state index contributed by atoms with van der Waals surface area (Å²) in [5.41, 5.74) is 0.684. The monoisotopic (exact) mass is 408 g/mol. The molecule has 152 valence electrons. The molecule has 0 aromatic heterocycles. The van der Waals surface area contributed by atoms with E-state index in [1.807, 2.05) is 0 Å². The normalized spacial score (nSPS) is 11.2. The molecule has 2 aromatic carbocycles. The minimum absolute atomic E-state index is 0.114. The van der Waals surface area contributed by atoms with Gasteiger partial charge in [-0.2, -0.15) is 0 Å². The molecule has 0 aliphatic rings. The van der Waals surface area contributed by atoms with Gasteiger partial charge in [0.25, 0.3) is 5.91 Å². The Balaban J connectivity index is 2.26. The Labute approximate surface area is 164 Å². The SMILES string of the molecule is COc1cc(OC)c(C(=O)Nc2ccc(S(=O)(=O)NC(C)C)cc2)cc1OC. The van der Waals surface area contributed by atoms with E-state index < -0.39 is 15.9 Å². The molecule has 0 atom stereocenters. The summed E-state index contributed by atoms with van der Waals surface area (Å²) in [6.45, 7) is 3.48. The number of hydrogen-bond acceptors (Lipinski definition) is 6. The first kappa shape index (κ1) is 21.5. The molecule has 0 aliphatic heterocycles. The van der Waals surface area contributed by atoms with E-state index in [9.17, 15) is 13.2 Å². The highest BCUT2D eigenvalue weighted by Crippen LogP contribution is 2.35. The Morgan fingerprint density at radius 1 is 0.893 bits per heavy atom. The molecule has 2 N–H and O–H groups in total. The largest absolute Gasteiger partial charge is 0.496 e. The van der Waals surface area contributed by atoms with Gasteiger partial charge in [0.1, 0.15) is 5.75 Å². The minimum Gasteiger partial charge on any atom is -0.496 e. The van der Waals surface area contributed by atoms with Crippen molar-refractivity contribution in [3.05, 3.63) is 42.0 Å². The summed E-state index contributed by atoms with van der Waals surface area (Å²) in [6, 6.07) is 8.72. The molecule has 0 spiro atoms. The first-order valence-corrected chi connectivity index (χ1v) is 9.94. The van der Waals surface area contributed by atoms with E-state index in [4.69, 9.17) is 14.2 Å². The van der Waals surface area contributed by atoms with Gasteiger partial charge in [-0.05, 0) is 38.1 Å². The van der Waals surface area contributed by atoms with Crippen molar-refractivity contribution < 1.29 is 27.4 Å². The van der Waals surface area contributed by atoms with Crippen molar-refractivity contribution in [2.45, 2.75) is 24.8 Å². The Kier molecular flexibility index (Phi) is 6.87. The molecule has 0 saturated carbocycles. The lowest BCUT2D eigenvalue weighted by Crippen LogP contribution is -2.30. The van der Waals surface area contributed by atoms with Crippen LogP contribution < -0.4 is 24.2 Å². The molecule has 0 radical (unpaired) electrons. The lowest BCUT2D eigenvalue weighted by atomic mass is 10.1. The summed E-state index contributed by atoms with van der Waals surface area (Å²) in [4.78, 5) is 12.8. The van der Waals surface area contributed by atoms with Crippen LogP contribution in [0.2, 0.25) is 0 Å². The van der Waals surface area contributed by atoms with Gasteiger partial charge in [0.05, 0.1) is 31.8 Å². The van der Waals surface area contributed by atoms with Crippen LogP contribution in [0.3, 0.4) is 0 Å². The zero-order valence-electron chi connectivity index (χ0n) is 16.4. The molecule has 2 aromatic rings. The highest BCUT2D eigenvalue weighted by atomic mass is 32.2. The van der Waals surface area contributed by atoms with E-state index in [0.717, 1.165) is 0 Å². The third-order valence-corrected chi connectivity index (χ3v) is 5.44. The van der Waals surface area contributed by atoms with E-state index in [1.54, 1.807) is 19.9 Å². The Bertz CT molecular complexity index is 940. The molecule has 9 heteroatoms. The van der Waals surface area contributed by atoms with Gasteiger partial charge in [-0.15, -0.1) is 0 Å². The van der Waals surface area contributed by atoms with Crippen LogP contribution in [0.5, 0.6) is 17.2 Å². The zero-order valence-corrected chi connectivity index (χ0v) is 17.2. The number of benzene rings is 2. The smallest absolute Gasteiger partial charge is 0.259 e. The number of amides is 1. The molecular weight excluding hydrogens is 384 g/mol. The van der Waals surface area contributed by atoms with Crippen LogP contribution in [0.1, 0.15) is 24.2 Å². The van der Waals surface area contributed by atoms with Gasteiger partial charge < -0.3 is 19.5 Å². The van der Waals surface area contributed by atoms with Crippen molar-refractivity contribution in [3.8, 4) is 17.2 Å². The van der Waals surface area contributed by atoms with Crippen LogP contribution in [0, 0.1) is 0 Å². The maximum absolute atomic E-state index is 12.7. The van der Waals surface area contributed by atoms with E-state index in [-0.39, 0.29) is 16.5 Å². The number of carbonyl (C=O) groups excluding carboxylic acids is 1. The predicted molar refractivity (Wildman–Crippen MR) is 106 cm³/mol. The minimum atomic E-state index is -3.60. The third-order valence-electron chi connectivity index (χ3n) is 3.76. The van der Waals surface area contributed by atoms with E-state index >= 15 is 0 Å². The summed E-state index contributed by atoms with van der Waals surface area (Å²) >= 11 is 0. The van der Waals surface area contributed by atoms with Gasteiger partial charge in [-0.1, -0.05) is 0 Å². The number of carbonyl (C=O) groups is 1. The predicted octanol–water partition coefficient (Wildman–Crippen LogP) is 2.65. The number of sulfonamides is 1. The fraction of sp³-hybridized carbons (Fsp3) is 0.316. The van der Waals surface area contributed by atoms with Crippen LogP contribution in [0.15, 0.2) is 41.3 Å². The van der Waals surface area contributed by atoms with Gasteiger partial charge in [0.15, 0.2) is 11.5 Å². The first-order chi connectivity index (χ1) is 13.2. The molecule has 2 rings (SSSR count). The Hall–Kier alpha value is -2.78. The van der Waals surface area contributed by atoms with Gasteiger partial charge in [-0.25, -0.2) is 13.1 Å². The second-order valence-corrected chi connectivity index (χ2v) is 7.88. The first-order valence-electron chi connectivity index (χ1n) is 8.45. The average molecular weight is 408 g/mol. The van der Waals surface area contributed by atoms with Crippen molar-refractivity contribution in [2.24, 2.45) is 0 Å². The second-order valence-electron chi connectivity index (χ2n) is 6.16. The fourth-order valence-electron chi connectivity index (χ4n) is 2.50. The summed E-state index contributed by atoms with van der Waals surface area (Å²) in [5.74, 6) is 0.696. The third kappa shape index (κ3) is 4.93. The van der Waals surface area contributed by atoms with Crippen molar-refractivity contribution in [3.63, 3.8) is 0 Å². The van der Waals surface area contributed by atoms with Gasteiger partial charge in [0, 0.05) is 23.9 Å². The summed E-state index contributed by atoms with van der Waals surface area (Å²) in [7, 11) is 0.802. The van der Waals surface area contributed by atoms with E-state index in [0.29, 0.717) is 22.9 Å². The van der Waals surface area contributed by atoms with Crippen molar-refractivity contribution in [1.82, 2.24) is 4.72 Å². The molecule has 0 bridgehead atoms. The van der Waals surface area contributed by atoms with Crippen LogP contribution in [0.25, 0.3) is 0 Å². The summed E-state index contributed by atoms with van der Waals surface area (Å²) in [6.07, 6.45) is 0.